The van der Waals surface area contributed by atoms with Crippen LogP contribution in [0.25, 0.3) is 0 Å². The number of rotatable bonds is 6. The van der Waals surface area contributed by atoms with E-state index in [0.717, 1.165) is 43.6 Å². The maximum atomic E-state index is 5.67. The minimum absolute atomic E-state index is 0.273. The van der Waals surface area contributed by atoms with Gasteiger partial charge in [-0.25, -0.2) is 0 Å². The third-order valence-electron chi connectivity index (χ3n) is 3.71. The zero-order valence-corrected chi connectivity index (χ0v) is 13.5. The van der Waals surface area contributed by atoms with E-state index in [1.54, 1.807) is 0 Å². The Morgan fingerprint density at radius 1 is 1.42 bits per heavy atom. The molecular formula is C16H24BrNO. The molecule has 1 aliphatic heterocycles. The van der Waals surface area contributed by atoms with E-state index in [1.807, 2.05) is 0 Å². The summed E-state index contributed by atoms with van der Waals surface area (Å²) in [5, 5.41) is 3.61. The van der Waals surface area contributed by atoms with E-state index in [9.17, 15) is 0 Å². The van der Waals surface area contributed by atoms with Gasteiger partial charge in [-0.05, 0) is 43.0 Å². The van der Waals surface area contributed by atoms with Crippen molar-refractivity contribution in [1.82, 2.24) is 5.32 Å². The van der Waals surface area contributed by atoms with Crippen molar-refractivity contribution in [3.05, 3.63) is 34.3 Å². The number of halogens is 1. The lowest BCUT2D eigenvalue weighted by Crippen LogP contribution is -2.38. The molecule has 0 aliphatic carbocycles. The molecule has 0 bridgehead atoms. The normalized spacial score (nSPS) is 23.2. The van der Waals surface area contributed by atoms with Gasteiger partial charge in [0.15, 0.2) is 0 Å². The number of benzene rings is 1. The molecule has 1 fully saturated rings. The highest BCUT2D eigenvalue weighted by Crippen LogP contribution is 2.32. The van der Waals surface area contributed by atoms with Gasteiger partial charge in [-0.3, -0.25) is 0 Å². The Morgan fingerprint density at radius 2 is 2.26 bits per heavy atom. The van der Waals surface area contributed by atoms with E-state index in [0.29, 0.717) is 5.92 Å². The molecule has 1 heterocycles. The van der Waals surface area contributed by atoms with E-state index < -0.39 is 0 Å². The lowest BCUT2D eigenvalue weighted by molar-refractivity contribution is 0.148. The lowest BCUT2D eigenvalue weighted by atomic mass is 9.81. The van der Waals surface area contributed by atoms with Crippen molar-refractivity contribution in [3.63, 3.8) is 0 Å². The third kappa shape index (κ3) is 4.59. The van der Waals surface area contributed by atoms with E-state index in [1.165, 1.54) is 5.56 Å². The zero-order chi connectivity index (χ0) is 13.7. The second kappa shape index (κ2) is 6.87. The largest absolute Gasteiger partial charge is 0.381 e. The van der Waals surface area contributed by atoms with E-state index >= 15 is 0 Å². The average molecular weight is 326 g/mol. The van der Waals surface area contributed by atoms with Crippen LogP contribution in [0.15, 0.2) is 28.7 Å². The molecule has 0 radical (unpaired) electrons. The van der Waals surface area contributed by atoms with Crippen LogP contribution < -0.4 is 5.32 Å². The molecule has 2 nitrogen and oxygen atoms in total. The van der Waals surface area contributed by atoms with Crippen molar-refractivity contribution in [2.75, 3.05) is 26.3 Å². The van der Waals surface area contributed by atoms with Crippen molar-refractivity contribution in [1.29, 1.82) is 0 Å². The van der Waals surface area contributed by atoms with Crippen LogP contribution in [0.4, 0.5) is 0 Å². The molecular weight excluding hydrogens is 302 g/mol. The number of ether oxygens (including phenoxy) is 1. The molecule has 1 aromatic rings. The van der Waals surface area contributed by atoms with Crippen LogP contribution in [0.3, 0.4) is 0 Å². The Hall–Kier alpha value is -0.380. The predicted molar refractivity (Wildman–Crippen MR) is 83.4 cm³/mol. The first kappa shape index (κ1) is 15.0. The second-order valence-corrected chi connectivity index (χ2v) is 7.05. The summed E-state index contributed by atoms with van der Waals surface area (Å²) in [4.78, 5) is 0. The smallest absolute Gasteiger partial charge is 0.0538 e. The summed E-state index contributed by atoms with van der Waals surface area (Å²) < 4.78 is 6.83. The maximum absolute atomic E-state index is 5.67. The molecule has 1 aliphatic rings. The van der Waals surface area contributed by atoms with Crippen LogP contribution >= 0.6 is 15.9 Å². The van der Waals surface area contributed by atoms with Crippen molar-refractivity contribution >= 4 is 15.9 Å². The van der Waals surface area contributed by atoms with Gasteiger partial charge in [0, 0.05) is 23.0 Å². The molecule has 0 saturated carbocycles. The van der Waals surface area contributed by atoms with Crippen molar-refractivity contribution in [3.8, 4) is 0 Å². The van der Waals surface area contributed by atoms with Crippen LogP contribution in [0.5, 0.6) is 0 Å². The van der Waals surface area contributed by atoms with Crippen LogP contribution in [0.2, 0.25) is 0 Å². The third-order valence-corrected chi connectivity index (χ3v) is 4.20. The van der Waals surface area contributed by atoms with Crippen molar-refractivity contribution in [2.24, 2.45) is 11.3 Å². The first-order valence-corrected chi connectivity index (χ1v) is 7.92. The molecule has 106 valence electrons. The standard InChI is InChI=1S/C16H24BrNO/c1-13(2)10-18-11-16(6-7-19-12-16)9-14-4-3-5-15(17)8-14/h3-5,8,13,18H,6-7,9-12H2,1-2H3. The van der Waals surface area contributed by atoms with Crippen LogP contribution in [-0.4, -0.2) is 26.3 Å². The van der Waals surface area contributed by atoms with Crippen LogP contribution in [-0.2, 0) is 11.2 Å². The Morgan fingerprint density at radius 3 is 2.89 bits per heavy atom. The molecule has 1 atom stereocenters. The first-order valence-electron chi connectivity index (χ1n) is 7.13. The van der Waals surface area contributed by atoms with Crippen LogP contribution in [0, 0.1) is 11.3 Å². The highest BCUT2D eigenvalue weighted by atomic mass is 79.9. The highest BCUT2D eigenvalue weighted by Gasteiger charge is 2.34. The van der Waals surface area contributed by atoms with Gasteiger partial charge >= 0.3 is 0 Å². The molecule has 0 amide bonds. The fraction of sp³-hybridized carbons (Fsp3) is 0.625. The van der Waals surface area contributed by atoms with Gasteiger partial charge < -0.3 is 10.1 Å². The summed E-state index contributed by atoms with van der Waals surface area (Å²) in [5.41, 5.74) is 1.67. The summed E-state index contributed by atoms with van der Waals surface area (Å²) in [6.45, 7) is 8.41. The summed E-state index contributed by atoms with van der Waals surface area (Å²) in [6.07, 6.45) is 2.25. The van der Waals surface area contributed by atoms with Gasteiger partial charge in [-0.1, -0.05) is 41.9 Å². The average Bonchev–Trinajstić information content (AvgIpc) is 2.77. The molecule has 1 N–H and O–H groups in total. The molecule has 19 heavy (non-hydrogen) atoms. The van der Waals surface area contributed by atoms with Gasteiger partial charge in [0.2, 0.25) is 0 Å². The van der Waals surface area contributed by atoms with Crippen molar-refractivity contribution in [2.45, 2.75) is 26.7 Å². The Labute approximate surface area is 125 Å². The molecule has 1 saturated heterocycles. The Balaban J connectivity index is 1.99. The van der Waals surface area contributed by atoms with Gasteiger partial charge in [0.25, 0.3) is 0 Å². The molecule has 1 unspecified atom stereocenters. The minimum atomic E-state index is 0.273. The molecule has 1 aromatic carbocycles. The zero-order valence-electron chi connectivity index (χ0n) is 11.9. The molecule has 2 rings (SSSR count). The molecule has 3 heteroatoms. The SMILES string of the molecule is CC(C)CNCC1(Cc2cccc(Br)c2)CCOC1. The fourth-order valence-electron chi connectivity index (χ4n) is 2.70. The minimum Gasteiger partial charge on any atom is -0.381 e. The van der Waals surface area contributed by atoms with Gasteiger partial charge in [0.05, 0.1) is 6.61 Å². The summed E-state index contributed by atoms with van der Waals surface area (Å²) in [6, 6.07) is 8.64. The number of nitrogens with one attached hydrogen (secondary N) is 1. The van der Waals surface area contributed by atoms with E-state index in [4.69, 9.17) is 4.74 Å². The van der Waals surface area contributed by atoms with Gasteiger partial charge in [0.1, 0.15) is 0 Å². The first-order chi connectivity index (χ1) is 9.10. The van der Waals surface area contributed by atoms with E-state index in [2.05, 4.69) is 59.4 Å². The summed E-state index contributed by atoms with van der Waals surface area (Å²) in [5.74, 6) is 0.699. The van der Waals surface area contributed by atoms with Crippen LogP contribution in [0.1, 0.15) is 25.8 Å². The highest BCUT2D eigenvalue weighted by molar-refractivity contribution is 9.10. The van der Waals surface area contributed by atoms with Gasteiger partial charge in [-0.15, -0.1) is 0 Å². The Kier molecular flexibility index (Phi) is 5.43. The van der Waals surface area contributed by atoms with Crippen molar-refractivity contribution < 1.29 is 4.74 Å². The monoisotopic (exact) mass is 325 g/mol. The fourth-order valence-corrected chi connectivity index (χ4v) is 3.14. The quantitative estimate of drug-likeness (QED) is 0.862. The summed E-state index contributed by atoms with van der Waals surface area (Å²) >= 11 is 3.55. The topological polar surface area (TPSA) is 21.3 Å². The maximum Gasteiger partial charge on any atom is 0.0538 e. The second-order valence-electron chi connectivity index (χ2n) is 6.13. The molecule has 0 spiro atoms. The van der Waals surface area contributed by atoms with Gasteiger partial charge in [-0.2, -0.15) is 0 Å². The van der Waals surface area contributed by atoms with E-state index in [-0.39, 0.29) is 5.41 Å². The number of hydrogen-bond acceptors (Lipinski definition) is 2. The predicted octanol–water partition coefficient (Wildman–Crippen LogP) is 3.64. The lowest BCUT2D eigenvalue weighted by Gasteiger charge is -2.28. The Bertz CT molecular complexity index is 399. The summed E-state index contributed by atoms with van der Waals surface area (Å²) in [7, 11) is 0. The molecule has 0 aromatic heterocycles. The number of hydrogen-bond donors (Lipinski definition) is 1.